The van der Waals surface area contributed by atoms with E-state index in [1.54, 1.807) is 6.20 Å². The first-order valence-corrected chi connectivity index (χ1v) is 3.24. The van der Waals surface area contributed by atoms with Crippen LogP contribution in [0.2, 0.25) is 0 Å². The van der Waals surface area contributed by atoms with Gasteiger partial charge in [0.25, 0.3) is 0 Å². The lowest BCUT2D eigenvalue weighted by Gasteiger charge is -1.92. The molecule has 0 aromatic carbocycles. The summed E-state index contributed by atoms with van der Waals surface area (Å²) in [6, 6.07) is 4.01. The Hall–Kier alpha value is -0.850. The molecule has 0 amide bonds. The van der Waals surface area contributed by atoms with Crippen molar-refractivity contribution in [2.24, 2.45) is 0 Å². The van der Waals surface area contributed by atoms with E-state index in [2.05, 4.69) is 11.1 Å². The smallest absolute Gasteiger partial charge is 0.0435 e. The zero-order valence-electron chi connectivity index (χ0n) is 6.17. The van der Waals surface area contributed by atoms with Gasteiger partial charge in [-0.05, 0) is 30.9 Å². The van der Waals surface area contributed by atoms with Gasteiger partial charge >= 0.3 is 0 Å². The summed E-state index contributed by atoms with van der Waals surface area (Å²) in [6.45, 7) is 0. The predicted octanol–water partition coefficient (Wildman–Crippen LogP) is 1.57. The minimum atomic E-state index is -0.0591. The summed E-state index contributed by atoms with van der Waals surface area (Å²) in [7, 11) is 0. The van der Waals surface area contributed by atoms with Crippen LogP contribution in [0.3, 0.4) is 0 Å². The van der Waals surface area contributed by atoms with Crippen molar-refractivity contribution in [2.45, 2.75) is 19.2 Å². The Kier molecular flexibility index (Phi) is 0.823. The molecule has 0 aliphatic heterocycles. The Labute approximate surface area is 56.1 Å². The Morgan fingerprint density at radius 1 is 1.67 bits per heavy atom. The number of pyridine rings is 1. The van der Waals surface area contributed by atoms with Crippen LogP contribution in [0, 0.1) is 0 Å². The molecule has 1 heteroatoms. The summed E-state index contributed by atoms with van der Waals surface area (Å²) in [5.74, 6) is 0. The average Bonchev–Trinajstić information content (AvgIpc) is 2.34. The summed E-state index contributed by atoms with van der Waals surface area (Å²) < 4.78 is 7.55. The van der Waals surface area contributed by atoms with E-state index in [9.17, 15) is 0 Å². The molecule has 0 bridgehead atoms. The molecule has 0 saturated carbocycles. The molecule has 1 aliphatic rings. The Bertz CT molecular complexity index is 247. The van der Waals surface area contributed by atoms with Crippen molar-refractivity contribution in [1.82, 2.24) is 4.98 Å². The molecular weight excluding hydrogens is 110 g/mol. The lowest BCUT2D eigenvalue weighted by atomic mass is 10.2. The third kappa shape index (κ3) is 0.727. The van der Waals surface area contributed by atoms with Gasteiger partial charge in [0.15, 0.2) is 0 Å². The third-order valence-electron chi connectivity index (χ3n) is 1.68. The molecule has 46 valence electrons. The first-order valence-electron chi connectivity index (χ1n) is 3.81. The van der Waals surface area contributed by atoms with E-state index in [0.29, 0.717) is 0 Å². The summed E-state index contributed by atoms with van der Waals surface area (Å²) in [4.78, 5) is 4.15. The quantitative estimate of drug-likeness (QED) is 0.506. The summed E-state index contributed by atoms with van der Waals surface area (Å²) in [5, 5.41) is 0. The molecule has 0 spiro atoms. The molecule has 0 N–H and O–H groups in total. The van der Waals surface area contributed by atoms with E-state index >= 15 is 0 Å². The largest absolute Gasteiger partial charge is 0.261 e. The summed E-state index contributed by atoms with van der Waals surface area (Å²) in [5.41, 5.74) is 2.25. The molecule has 2 rings (SSSR count). The van der Waals surface area contributed by atoms with E-state index in [1.165, 1.54) is 5.56 Å². The van der Waals surface area contributed by atoms with Crippen LogP contribution in [0.25, 0.3) is 0 Å². The number of hydrogen-bond donors (Lipinski definition) is 0. The lowest BCUT2D eigenvalue weighted by Crippen LogP contribution is -1.83. The maximum Gasteiger partial charge on any atom is 0.0435 e. The minimum absolute atomic E-state index is 0.0591. The van der Waals surface area contributed by atoms with Crippen molar-refractivity contribution < 1.29 is 1.37 Å². The van der Waals surface area contributed by atoms with Gasteiger partial charge in [-0.2, -0.15) is 0 Å². The maximum absolute atomic E-state index is 7.55. The van der Waals surface area contributed by atoms with E-state index < -0.39 is 0 Å². The van der Waals surface area contributed by atoms with E-state index in [0.717, 1.165) is 18.5 Å². The monoisotopic (exact) mass is 120 g/mol. The molecule has 0 saturated heterocycles. The lowest BCUT2D eigenvalue weighted by molar-refractivity contribution is 0.899. The number of nitrogens with zero attached hydrogens (tertiary/aromatic N) is 1. The Morgan fingerprint density at radius 3 is 3.56 bits per heavy atom. The normalized spacial score (nSPS) is 25.3. The van der Waals surface area contributed by atoms with Crippen molar-refractivity contribution >= 4 is 0 Å². The number of aryl methyl sites for hydroxylation is 2. The van der Waals surface area contributed by atoms with Crippen LogP contribution in [0.4, 0.5) is 0 Å². The Balaban J connectivity index is 2.51. The van der Waals surface area contributed by atoms with E-state index in [1.807, 2.05) is 6.07 Å². The van der Waals surface area contributed by atoms with Crippen molar-refractivity contribution in [3.05, 3.63) is 29.6 Å². The molecule has 1 aromatic heterocycles. The number of fused-ring (bicyclic) bond motifs is 1. The van der Waals surface area contributed by atoms with Crippen LogP contribution in [-0.4, -0.2) is 4.98 Å². The highest BCUT2D eigenvalue weighted by molar-refractivity contribution is 5.23. The summed E-state index contributed by atoms with van der Waals surface area (Å²) >= 11 is 0. The molecule has 9 heavy (non-hydrogen) atoms. The van der Waals surface area contributed by atoms with Crippen LogP contribution in [0.1, 0.15) is 19.0 Å². The van der Waals surface area contributed by atoms with Crippen LogP contribution in [0.5, 0.6) is 0 Å². The van der Waals surface area contributed by atoms with Gasteiger partial charge in [-0.3, -0.25) is 4.98 Å². The van der Waals surface area contributed by atoms with Gasteiger partial charge in [-0.15, -0.1) is 0 Å². The minimum Gasteiger partial charge on any atom is -0.261 e. The second-order valence-corrected chi connectivity index (χ2v) is 2.29. The Morgan fingerprint density at radius 2 is 2.67 bits per heavy atom. The molecule has 1 aliphatic carbocycles. The van der Waals surface area contributed by atoms with Crippen LogP contribution < -0.4 is 0 Å². The first kappa shape index (κ1) is 4.04. The molecule has 1 heterocycles. The standard InChI is InChI=1S/C8H9N/c1-3-7-4-2-6-9-8(7)5-1/h2,4,6H,1,3,5H2/i5D. The van der Waals surface area contributed by atoms with Crippen molar-refractivity contribution in [3.63, 3.8) is 0 Å². The molecule has 1 atom stereocenters. The van der Waals surface area contributed by atoms with Crippen LogP contribution in [0.15, 0.2) is 18.3 Å². The SMILES string of the molecule is [2H]C1CCc2cccnc21. The molecule has 1 unspecified atom stereocenters. The highest BCUT2D eigenvalue weighted by atomic mass is 14.7. The van der Waals surface area contributed by atoms with Crippen molar-refractivity contribution in [2.75, 3.05) is 0 Å². The molecular formula is C8H9N. The molecule has 1 nitrogen and oxygen atoms in total. The molecule has 0 fully saturated rings. The highest BCUT2D eigenvalue weighted by Crippen LogP contribution is 2.17. The molecule has 1 aromatic rings. The summed E-state index contributed by atoms with van der Waals surface area (Å²) in [6.07, 6.45) is 3.70. The predicted molar refractivity (Wildman–Crippen MR) is 36.3 cm³/mol. The van der Waals surface area contributed by atoms with Gasteiger partial charge in [0.05, 0.1) is 0 Å². The molecule has 0 radical (unpaired) electrons. The van der Waals surface area contributed by atoms with Gasteiger partial charge in [-0.25, -0.2) is 0 Å². The third-order valence-corrected chi connectivity index (χ3v) is 1.68. The van der Waals surface area contributed by atoms with Crippen molar-refractivity contribution in [1.29, 1.82) is 0 Å². The second-order valence-electron chi connectivity index (χ2n) is 2.29. The topological polar surface area (TPSA) is 12.9 Å². The zero-order chi connectivity index (χ0) is 6.97. The van der Waals surface area contributed by atoms with Gasteiger partial charge in [0.2, 0.25) is 0 Å². The van der Waals surface area contributed by atoms with Gasteiger partial charge in [-0.1, -0.05) is 6.07 Å². The van der Waals surface area contributed by atoms with E-state index in [-0.39, 0.29) is 6.40 Å². The van der Waals surface area contributed by atoms with E-state index in [4.69, 9.17) is 1.37 Å². The second kappa shape index (κ2) is 1.83. The fourth-order valence-electron chi connectivity index (χ4n) is 1.21. The fourth-order valence-corrected chi connectivity index (χ4v) is 1.21. The zero-order valence-corrected chi connectivity index (χ0v) is 5.17. The first-order chi connectivity index (χ1) is 4.88. The highest BCUT2D eigenvalue weighted by Gasteiger charge is 2.08. The van der Waals surface area contributed by atoms with Gasteiger partial charge in [0, 0.05) is 13.3 Å². The maximum atomic E-state index is 7.55. The van der Waals surface area contributed by atoms with Gasteiger partial charge in [0.1, 0.15) is 0 Å². The van der Waals surface area contributed by atoms with Crippen molar-refractivity contribution in [3.8, 4) is 0 Å². The number of hydrogen-bond acceptors (Lipinski definition) is 1. The van der Waals surface area contributed by atoms with Crippen LogP contribution in [-0.2, 0) is 12.8 Å². The van der Waals surface area contributed by atoms with Gasteiger partial charge < -0.3 is 0 Å². The average molecular weight is 120 g/mol. The number of aromatic nitrogens is 1. The fraction of sp³-hybridized carbons (Fsp3) is 0.375. The number of rotatable bonds is 0. The van der Waals surface area contributed by atoms with Crippen LogP contribution >= 0.6 is 0 Å².